The van der Waals surface area contributed by atoms with E-state index >= 15 is 0 Å². The molecule has 1 aliphatic rings. The normalized spacial score (nSPS) is 13.9. The van der Waals surface area contributed by atoms with Crippen molar-refractivity contribution in [2.75, 3.05) is 30.8 Å². The van der Waals surface area contributed by atoms with Gasteiger partial charge in [-0.15, -0.1) is 0 Å². The van der Waals surface area contributed by atoms with E-state index in [4.69, 9.17) is 9.47 Å². The highest BCUT2D eigenvalue weighted by Crippen LogP contribution is 2.37. The van der Waals surface area contributed by atoms with Gasteiger partial charge >= 0.3 is 6.18 Å². The van der Waals surface area contributed by atoms with Crippen LogP contribution in [-0.2, 0) is 11.0 Å². The first-order valence-corrected chi connectivity index (χ1v) is 10.6. The molecule has 1 aliphatic heterocycles. The van der Waals surface area contributed by atoms with Gasteiger partial charge in [-0.2, -0.15) is 13.2 Å². The molecule has 0 spiro atoms. The number of thioether (sulfide) groups is 1. The highest BCUT2D eigenvalue weighted by Gasteiger charge is 2.31. The number of nitrogens with zero attached hydrogens (tertiary/aromatic N) is 1. The van der Waals surface area contributed by atoms with Gasteiger partial charge in [0.05, 0.1) is 17.9 Å². The van der Waals surface area contributed by atoms with Crippen LogP contribution in [0.2, 0.25) is 0 Å². The zero-order valence-corrected chi connectivity index (χ0v) is 17.5. The van der Waals surface area contributed by atoms with Crippen LogP contribution in [0.4, 0.5) is 23.7 Å². The van der Waals surface area contributed by atoms with E-state index in [9.17, 15) is 22.8 Å². The Morgan fingerprint density at radius 1 is 1.16 bits per heavy atom. The van der Waals surface area contributed by atoms with Gasteiger partial charge in [-0.3, -0.25) is 9.59 Å². The van der Waals surface area contributed by atoms with E-state index in [2.05, 4.69) is 5.32 Å². The topological polar surface area (TPSA) is 67.9 Å². The van der Waals surface area contributed by atoms with Gasteiger partial charge in [0.1, 0.15) is 11.5 Å². The molecule has 1 fully saturated rings. The molecule has 0 aliphatic carbocycles. The number of carbonyl (C=O) groups excluding carboxylic acids is 2. The number of carbonyl (C=O) groups is 2. The molecule has 0 aromatic heterocycles. The summed E-state index contributed by atoms with van der Waals surface area (Å²) in [5.41, 5.74) is -1.01. The zero-order chi connectivity index (χ0) is 22.4. The fourth-order valence-corrected chi connectivity index (χ4v) is 3.72. The molecule has 2 amide bonds. The smallest absolute Gasteiger partial charge is 0.416 e. The second-order valence-corrected chi connectivity index (χ2v) is 7.66. The van der Waals surface area contributed by atoms with Crippen LogP contribution in [0.1, 0.15) is 18.9 Å². The van der Waals surface area contributed by atoms with Gasteiger partial charge in [0.25, 0.3) is 5.24 Å². The van der Waals surface area contributed by atoms with Crippen LogP contribution in [0.25, 0.3) is 0 Å². The Labute approximate surface area is 181 Å². The standard InChI is InChI=1S/C21H21F3N2O4S/c1-2-29-15-4-6-16(7-5-15)30-18-8-3-14(21(22,23)24)13-17(18)25-19(27)9-10-26-11-12-31-20(26)28/h3-8,13H,2,9-12H2,1H3,(H,25,27). The van der Waals surface area contributed by atoms with Crippen LogP contribution in [0.3, 0.4) is 0 Å². The minimum Gasteiger partial charge on any atom is -0.494 e. The van der Waals surface area contributed by atoms with E-state index in [1.807, 2.05) is 6.92 Å². The summed E-state index contributed by atoms with van der Waals surface area (Å²) in [5, 5.41) is 2.38. The van der Waals surface area contributed by atoms with E-state index in [1.54, 1.807) is 24.3 Å². The lowest BCUT2D eigenvalue weighted by Gasteiger charge is -2.17. The van der Waals surface area contributed by atoms with Crippen molar-refractivity contribution in [1.29, 1.82) is 0 Å². The summed E-state index contributed by atoms with van der Waals surface area (Å²) >= 11 is 1.17. The minimum absolute atomic E-state index is 0.0367. The highest BCUT2D eigenvalue weighted by molar-refractivity contribution is 8.13. The third kappa shape index (κ3) is 6.30. The van der Waals surface area contributed by atoms with Crippen molar-refractivity contribution in [1.82, 2.24) is 4.90 Å². The van der Waals surface area contributed by atoms with Crippen LogP contribution < -0.4 is 14.8 Å². The van der Waals surface area contributed by atoms with E-state index in [1.165, 1.54) is 16.7 Å². The lowest BCUT2D eigenvalue weighted by atomic mass is 10.1. The summed E-state index contributed by atoms with van der Waals surface area (Å²) < 4.78 is 50.5. The van der Waals surface area contributed by atoms with Gasteiger partial charge in [-0.05, 0) is 49.4 Å². The summed E-state index contributed by atoms with van der Waals surface area (Å²) in [5.74, 6) is 1.22. The van der Waals surface area contributed by atoms with Crippen molar-refractivity contribution in [3.05, 3.63) is 48.0 Å². The van der Waals surface area contributed by atoms with Crippen molar-refractivity contribution in [2.45, 2.75) is 19.5 Å². The molecular weight excluding hydrogens is 433 g/mol. The highest BCUT2D eigenvalue weighted by atomic mass is 32.2. The molecule has 0 radical (unpaired) electrons. The lowest BCUT2D eigenvalue weighted by Crippen LogP contribution is -2.27. The number of anilines is 1. The molecule has 0 atom stereocenters. The van der Waals surface area contributed by atoms with Gasteiger partial charge in [0.2, 0.25) is 5.91 Å². The molecule has 31 heavy (non-hydrogen) atoms. The van der Waals surface area contributed by atoms with E-state index in [0.29, 0.717) is 30.4 Å². The number of halogens is 3. The van der Waals surface area contributed by atoms with Gasteiger partial charge in [-0.1, -0.05) is 11.8 Å². The number of alkyl halides is 3. The predicted molar refractivity (Wildman–Crippen MR) is 112 cm³/mol. The third-order valence-electron chi connectivity index (χ3n) is 4.40. The number of amides is 2. The average Bonchev–Trinajstić information content (AvgIpc) is 3.13. The second-order valence-electron chi connectivity index (χ2n) is 6.61. The molecule has 0 unspecified atom stereocenters. The number of benzene rings is 2. The fourth-order valence-electron chi connectivity index (χ4n) is 2.87. The number of ether oxygens (including phenoxy) is 2. The number of nitrogens with one attached hydrogen (secondary N) is 1. The molecule has 6 nitrogen and oxygen atoms in total. The predicted octanol–water partition coefficient (Wildman–Crippen LogP) is 5.39. The van der Waals surface area contributed by atoms with Crippen molar-refractivity contribution in [3.8, 4) is 17.2 Å². The van der Waals surface area contributed by atoms with Gasteiger partial charge < -0.3 is 19.7 Å². The van der Waals surface area contributed by atoms with Crippen molar-refractivity contribution < 1.29 is 32.2 Å². The fraction of sp³-hybridized carbons (Fsp3) is 0.333. The van der Waals surface area contributed by atoms with Gasteiger partial charge in [-0.25, -0.2) is 0 Å². The molecular formula is C21H21F3N2O4S. The summed E-state index contributed by atoms with van der Waals surface area (Å²) in [6.07, 6.45) is -4.61. The number of rotatable bonds is 8. The largest absolute Gasteiger partial charge is 0.494 e. The Morgan fingerprint density at radius 3 is 2.48 bits per heavy atom. The maximum atomic E-state index is 13.2. The lowest BCUT2D eigenvalue weighted by molar-refractivity contribution is -0.137. The quantitative estimate of drug-likeness (QED) is 0.579. The monoisotopic (exact) mass is 454 g/mol. The van der Waals surface area contributed by atoms with Gasteiger partial charge in [0.15, 0.2) is 5.75 Å². The zero-order valence-electron chi connectivity index (χ0n) is 16.7. The van der Waals surface area contributed by atoms with Crippen LogP contribution in [0.15, 0.2) is 42.5 Å². The van der Waals surface area contributed by atoms with Crippen LogP contribution >= 0.6 is 11.8 Å². The Balaban J connectivity index is 1.75. The first kappa shape index (κ1) is 22.8. The van der Waals surface area contributed by atoms with Crippen molar-refractivity contribution in [2.24, 2.45) is 0 Å². The Morgan fingerprint density at radius 2 is 1.87 bits per heavy atom. The number of hydrogen-bond donors (Lipinski definition) is 1. The van der Waals surface area contributed by atoms with E-state index in [0.717, 1.165) is 18.2 Å². The maximum Gasteiger partial charge on any atom is 0.416 e. The maximum absolute atomic E-state index is 13.2. The Kier molecular flexibility index (Phi) is 7.32. The molecule has 3 rings (SSSR count). The first-order valence-electron chi connectivity index (χ1n) is 9.60. The molecule has 2 aromatic rings. The summed E-state index contributed by atoms with van der Waals surface area (Å²) in [6.45, 7) is 3.09. The van der Waals surface area contributed by atoms with Crippen LogP contribution in [0, 0.1) is 0 Å². The molecule has 1 heterocycles. The second kappa shape index (κ2) is 9.95. The molecule has 1 N–H and O–H groups in total. The molecule has 0 bridgehead atoms. The van der Waals surface area contributed by atoms with Gasteiger partial charge in [0, 0.05) is 25.3 Å². The van der Waals surface area contributed by atoms with Crippen molar-refractivity contribution >= 4 is 28.6 Å². The van der Waals surface area contributed by atoms with Crippen molar-refractivity contribution in [3.63, 3.8) is 0 Å². The minimum atomic E-state index is -4.57. The van der Waals surface area contributed by atoms with E-state index in [-0.39, 0.29) is 29.6 Å². The van der Waals surface area contributed by atoms with E-state index < -0.39 is 17.6 Å². The molecule has 0 saturated carbocycles. The number of hydrogen-bond acceptors (Lipinski definition) is 5. The Bertz CT molecular complexity index is 935. The molecule has 2 aromatic carbocycles. The third-order valence-corrected chi connectivity index (χ3v) is 5.29. The molecule has 10 heteroatoms. The first-order chi connectivity index (χ1) is 14.8. The Hall–Kier alpha value is -2.88. The summed E-state index contributed by atoms with van der Waals surface area (Å²) in [6, 6.07) is 9.46. The SMILES string of the molecule is CCOc1ccc(Oc2ccc(C(F)(F)F)cc2NC(=O)CCN2CCSC2=O)cc1. The summed E-state index contributed by atoms with van der Waals surface area (Å²) in [7, 11) is 0. The molecule has 166 valence electrons. The summed E-state index contributed by atoms with van der Waals surface area (Å²) in [4.78, 5) is 25.5. The molecule has 1 saturated heterocycles. The average molecular weight is 454 g/mol. The van der Waals surface area contributed by atoms with Crippen LogP contribution in [0.5, 0.6) is 17.2 Å². The van der Waals surface area contributed by atoms with Crippen LogP contribution in [-0.4, -0.2) is 41.5 Å².